The first-order valence-electron chi connectivity index (χ1n) is 5.85. The third-order valence-corrected chi connectivity index (χ3v) is 4.98. The summed E-state index contributed by atoms with van der Waals surface area (Å²) < 4.78 is 4.66. The molecule has 0 bridgehead atoms. The lowest BCUT2D eigenvalue weighted by atomic mass is 10.2. The predicted octanol–water partition coefficient (Wildman–Crippen LogP) is 3.17. The summed E-state index contributed by atoms with van der Waals surface area (Å²) in [5, 5.41) is 4.94. The van der Waals surface area contributed by atoms with E-state index < -0.39 is 5.97 Å². The first-order valence-corrected chi connectivity index (χ1v) is 7.55. The van der Waals surface area contributed by atoms with Crippen LogP contribution < -0.4 is 5.32 Å². The summed E-state index contributed by atoms with van der Waals surface area (Å²) in [5.74, 6) is -0.653. The fraction of sp³-hybridized carbons (Fsp3) is 0.308. The lowest BCUT2D eigenvalue weighted by Crippen LogP contribution is -2.12. The number of aryl methyl sites for hydroxylation is 2. The third-order valence-electron chi connectivity index (χ3n) is 2.92. The second kappa shape index (κ2) is 5.72. The molecule has 0 saturated carbocycles. The largest absolute Gasteiger partial charge is 0.465 e. The standard InChI is InChI=1S/C13H14N2O3S2/c1-6-8(3)19-5-9(6)11(16)15-13-14-7(2)10(20-13)12(17)18-4/h5H,1-4H3,(H,14,15,16). The van der Waals surface area contributed by atoms with Crippen molar-refractivity contribution in [1.82, 2.24) is 4.98 Å². The number of hydrogen-bond acceptors (Lipinski definition) is 6. The fourth-order valence-electron chi connectivity index (χ4n) is 1.63. The lowest BCUT2D eigenvalue weighted by Gasteiger charge is -2.00. The van der Waals surface area contributed by atoms with Gasteiger partial charge in [-0.05, 0) is 26.3 Å². The maximum absolute atomic E-state index is 12.2. The van der Waals surface area contributed by atoms with Crippen LogP contribution in [0.4, 0.5) is 5.13 Å². The topological polar surface area (TPSA) is 68.3 Å². The Bertz CT molecular complexity index is 673. The number of thiophene rings is 1. The Kier molecular flexibility index (Phi) is 4.20. The van der Waals surface area contributed by atoms with Gasteiger partial charge in [0.2, 0.25) is 0 Å². The van der Waals surface area contributed by atoms with Gasteiger partial charge >= 0.3 is 5.97 Å². The summed E-state index contributed by atoms with van der Waals surface area (Å²) in [7, 11) is 1.32. The van der Waals surface area contributed by atoms with Gasteiger partial charge in [0.25, 0.3) is 5.91 Å². The van der Waals surface area contributed by atoms with Crippen molar-refractivity contribution < 1.29 is 14.3 Å². The van der Waals surface area contributed by atoms with Crippen LogP contribution in [0.15, 0.2) is 5.38 Å². The quantitative estimate of drug-likeness (QED) is 0.884. The van der Waals surface area contributed by atoms with Gasteiger partial charge in [0.05, 0.1) is 18.4 Å². The molecule has 1 N–H and O–H groups in total. The summed E-state index contributed by atoms with van der Waals surface area (Å²) in [6, 6.07) is 0. The summed E-state index contributed by atoms with van der Waals surface area (Å²) >= 11 is 2.65. The molecule has 0 atom stereocenters. The van der Waals surface area contributed by atoms with Crippen LogP contribution in [-0.4, -0.2) is 24.0 Å². The van der Waals surface area contributed by atoms with Crippen molar-refractivity contribution in [1.29, 1.82) is 0 Å². The number of ether oxygens (including phenoxy) is 1. The Balaban J connectivity index is 2.20. The summed E-state index contributed by atoms with van der Waals surface area (Å²) in [6.45, 7) is 5.59. The third kappa shape index (κ3) is 2.73. The van der Waals surface area contributed by atoms with Crippen LogP contribution in [0.3, 0.4) is 0 Å². The number of esters is 1. The molecular weight excluding hydrogens is 296 g/mol. The summed E-state index contributed by atoms with van der Waals surface area (Å²) in [5.41, 5.74) is 2.16. The molecule has 2 rings (SSSR count). The molecule has 0 aromatic carbocycles. The summed E-state index contributed by atoms with van der Waals surface area (Å²) in [4.78, 5) is 29.3. The summed E-state index contributed by atoms with van der Waals surface area (Å²) in [6.07, 6.45) is 0. The number of anilines is 1. The molecule has 0 radical (unpaired) electrons. The van der Waals surface area contributed by atoms with Gasteiger partial charge in [-0.25, -0.2) is 9.78 Å². The van der Waals surface area contributed by atoms with Crippen LogP contribution in [0.1, 0.15) is 36.2 Å². The molecule has 0 aliphatic rings. The molecule has 0 aliphatic carbocycles. The number of nitrogens with zero attached hydrogens (tertiary/aromatic N) is 1. The molecule has 20 heavy (non-hydrogen) atoms. The first-order chi connectivity index (χ1) is 9.43. The molecule has 0 spiro atoms. The molecule has 5 nitrogen and oxygen atoms in total. The monoisotopic (exact) mass is 310 g/mol. The van der Waals surface area contributed by atoms with Gasteiger partial charge in [0.1, 0.15) is 4.88 Å². The predicted molar refractivity (Wildman–Crippen MR) is 79.9 cm³/mol. The number of nitrogens with one attached hydrogen (secondary N) is 1. The molecule has 106 valence electrons. The second-order valence-corrected chi connectivity index (χ2v) is 6.29. The van der Waals surface area contributed by atoms with Gasteiger partial charge in [-0.15, -0.1) is 11.3 Å². The number of carbonyl (C=O) groups excluding carboxylic acids is 2. The van der Waals surface area contributed by atoms with Crippen LogP contribution in [0.25, 0.3) is 0 Å². The minimum Gasteiger partial charge on any atom is -0.465 e. The average molecular weight is 310 g/mol. The van der Waals surface area contributed by atoms with E-state index in [1.54, 1.807) is 6.92 Å². The molecule has 2 heterocycles. The van der Waals surface area contributed by atoms with Gasteiger partial charge in [-0.1, -0.05) is 11.3 Å². The molecule has 2 aromatic rings. The van der Waals surface area contributed by atoms with E-state index in [1.165, 1.54) is 18.4 Å². The van der Waals surface area contributed by atoms with Crippen molar-refractivity contribution >= 4 is 39.7 Å². The SMILES string of the molecule is COC(=O)c1sc(NC(=O)c2csc(C)c2C)nc1C. The Morgan fingerprint density at radius 3 is 2.55 bits per heavy atom. The maximum Gasteiger partial charge on any atom is 0.350 e. The number of carbonyl (C=O) groups is 2. The van der Waals surface area contributed by atoms with Gasteiger partial charge in [0.15, 0.2) is 5.13 Å². The Morgan fingerprint density at radius 1 is 1.30 bits per heavy atom. The van der Waals surface area contributed by atoms with Crippen LogP contribution >= 0.6 is 22.7 Å². The first kappa shape index (κ1) is 14.7. The van der Waals surface area contributed by atoms with Crippen molar-refractivity contribution in [2.45, 2.75) is 20.8 Å². The van der Waals surface area contributed by atoms with E-state index in [-0.39, 0.29) is 5.91 Å². The van der Waals surface area contributed by atoms with Gasteiger partial charge in [-0.2, -0.15) is 0 Å². The van der Waals surface area contributed by atoms with E-state index in [9.17, 15) is 9.59 Å². The number of rotatable bonds is 3. The van der Waals surface area contributed by atoms with Crippen molar-refractivity contribution in [2.24, 2.45) is 0 Å². The molecule has 7 heteroatoms. The van der Waals surface area contributed by atoms with Crippen molar-refractivity contribution in [3.05, 3.63) is 32.0 Å². The molecule has 2 aromatic heterocycles. The van der Waals surface area contributed by atoms with E-state index in [0.717, 1.165) is 21.8 Å². The van der Waals surface area contributed by atoms with Crippen molar-refractivity contribution in [2.75, 3.05) is 12.4 Å². The molecule has 0 aliphatic heterocycles. The lowest BCUT2D eigenvalue weighted by molar-refractivity contribution is 0.0605. The van der Waals surface area contributed by atoms with Crippen LogP contribution in [0, 0.1) is 20.8 Å². The van der Waals surface area contributed by atoms with E-state index in [2.05, 4.69) is 15.0 Å². The zero-order valence-corrected chi connectivity index (χ0v) is 13.2. The highest BCUT2D eigenvalue weighted by Gasteiger charge is 2.18. The minimum atomic E-state index is -0.442. The highest BCUT2D eigenvalue weighted by molar-refractivity contribution is 7.17. The van der Waals surface area contributed by atoms with E-state index in [0.29, 0.717) is 21.3 Å². The van der Waals surface area contributed by atoms with Crippen LogP contribution in [-0.2, 0) is 4.74 Å². The van der Waals surface area contributed by atoms with E-state index in [1.807, 2.05) is 19.2 Å². The van der Waals surface area contributed by atoms with E-state index >= 15 is 0 Å². The molecule has 0 saturated heterocycles. The average Bonchev–Trinajstić information content (AvgIpc) is 2.93. The maximum atomic E-state index is 12.2. The van der Waals surface area contributed by atoms with Crippen LogP contribution in [0.5, 0.6) is 0 Å². The molecular formula is C13H14N2O3S2. The number of thiazole rings is 1. The minimum absolute atomic E-state index is 0.211. The number of methoxy groups -OCH3 is 1. The smallest absolute Gasteiger partial charge is 0.350 e. The highest BCUT2D eigenvalue weighted by atomic mass is 32.1. The zero-order chi connectivity index (χ0) is 14.9. The Morgan fingerprint density at radius 2 is 2.00 bits per heavy atom. The van der Waals surface area contributed by atoms with Crippen LogP contribution in [0.2, 0.25) is 0 Å². The van der Waals surface area contributed by atoms with Crippen molar-refractivity contribution in [3.63, 3.8) is 0 Å². The number of aromatic nitrogens is 1. The Hall–Kier alpha value is -1.73. The second-order valence-electron chi connectivity index (χ2n) is 4.21. The highest BCUT2D eigenvalue weighted by Crippen LogP contribution is 2.25. The molecule has 1 amide bonds. The number of hydrogen-bond donors (Lipinski definition) is 1. The normalized spacial score (nSPS) is 10.4. The number of amides is 1. The van der Waals surface area contributed by atoms with Crippen molar-refractivity contribution in [3.8, 4) is 0 Å². The van der Waals surface area contributed by atoms with Gasteiger partial charge in [0, 0.05) is 10.3 Å². The van der Waals surface area contributed by atoms with Gasteiger partial charge in [-0.3, -0.25) is 10.1 Å². The zero-order valence-electron chi connectivity index (χ0n) is 11.6. The van der Waals surface area contributed by atoms with Gasteiger partial charge < -0.3 is 4.74 Å². The Labute approximate surface area is 124 Å². The molecule has 0 unspecified atom stereocenters. The molecule has 0 fully saturated rings. The fourth-order valence-corrected chi connectivity index (χ4v) is 3.38. The van der Waals surface area contributed by atoms with E-state index in [4.69, 9.17) is 0 Å².